The molecule has 1 unspecified atom stereocenters. The van der Waals surface area contributed by atoms with Crippen molar-refractivity contribution in [3.63, 3.8) is 0 Å². The molecule has 0 N–H and O–H groups in total. The maximum atomic E-state index is 3.37. The molecule has 1 saturated carbocycles. The van der Waals surface area contributed by atoms with Crippen molar-refractivity contribution in [3.05, 3.63) is 160 Å². The van der Waals surface area contributed by atoms with Crippen LogP contribution in [0.15, 0.2) is 121 Å². The second-order valence-corrected chi connectivity index (χ2v) is 18.4. The van der Waals surface area contributed by atoms with Gasteiger partial charge in [-0.3, -0.25) is 6.08 Å². The van der Waals surface area contributed by atoms with E-state index in [4.69, 9.17) is 0 Å². The molecule has 4 aliphatic rings. The summed E-state index contributed by atoms with van der Waals surface area (Å²) in [5.41, 5.74) is 13.6. The number of benzene rings is 4. The molecule has 278 valence electrons. The summed E-state index contributed by atoms with van der Waals surface area (Å²) in [4.78, 5) is 0. The van der Waals surface area contributed by atoms with Gasteiger partial charge in [-0.15, -0.1) is 39.7 Å². The Balaban J connectivity index is 0.000000166. The van der Waals surface area contributed by atoms with Crippen molar-refractivity contribution in [2.75, 3.05) is 0 Å². The zero-order valence-electron chi connectivity index (χ0n) is 33.3. The van der Waals surface area contributed by atoms with E-state index in [0.717, 1.165) is 0 Å². The Morgan fingerprint density at radius 1 is 0.667 bits per heavy atom. The van der Waals surface area contributed by atoms with E-state index < -0.39 is 0 Å². The number of fused-ring (bicyclic) bond motifs is 5. The van der Waals surface area contributed by atoms with Gasteiger partial charge in [0.05, 0.1) is 0 Å². The van der Waals surface area contributed by atoms with E-state index in [1.807, 2.05) is 0 Å². The molecule has 0 heterocycles. The van der Waals surface area contributed by atoms with Gasteiger partial charge in [0.15, 0.2) is 0 Å². The molecule has 0 bridgehead atoms. The first-order chi connectivity index (χ1) is 24.8. The zero-order valence-corrected chi connectivity index (χ0v) is 37.3. The van der Waals surface area contributed by atoms with Crippen LogP contribution in [0.5, 0.6) is 0 Å². The second kappa shape index (κ2) is 16.6. The van der Waals surface area contributed by atoms with Crippen molar-refractivity contribution < 1.29 is 49.0 Å². The first-order valence-corrected chi connectivity index (χ1v) is 20.6. The molecule has 0 spiro atoms. The monoisotopic (exact) mass is 826 g/mol. The van der Waals surface area contributed by atoms with E-state index in [-0.39, 0.29) is 35.6 Å². The summed E-state index contributed by atoms with van der Waals surface area (Å²) in [5, 5.41) is 5.57. The fourth-order valence-electron chi connectivity index (χ4n) is 9.18. The molecule has 5 aromatic carbocycles. The van der Waals surface area contributed by atoms with E-state index >= 15 is 0 Å². The number of allylic oxidation sites excluding steroid dienone is 8. The van der Waals surface area contributed by atoms with Crippen LogP contribution in [0.4, 0.5) is 0 Å². The molecule has 1 atom stereocenters. The molecule has 54 heavy (non-hydrogen) atoms. The van der Waals surface area contributed by atoms with Crippen molar-refractivity contribution in [1.29, 1.82) is 0 Å². The molecule has 0 aliphatic heterocycles. The summed E-state index contributed by atoms with van der Waals surface area (Å²) in [7, 11) is 0. The van der Waals surface area contributed by atoms with Gasteiger partial charge in [-0.1, -0.05) is 120 Å². The fourth-order valence-corrected chi connectivity index (χ4v) is 10.00. The summed E-state index contributed by atoms with van der Waals surface area (Å²) in [5.74, 6) is 0.550. The molecular weight excluding hydrogens is 775 g/mol. The SMILES string of the molecule is CC1=CC(C)(C)c2cc3[cH-]c4cc5c(cc4c3cc21)C(C)=CC5(C)C.CC1[C-]=CC(C2(C)CCCCC2)=C1.[Cl-].[Cl-].[Zr+2]=[C](c1ccccc1)c1ccccc1. The van der Waals surface area contributed by atoms with E-state index in [1.165, 1.54) is 126 Å². The van der Waals surface area contributed by atoms with Gasteiger partial charge in [0.1, 0.15) is 0 Å². The third-order valence-electron chi connectivity index (χ3n) is 12.1. The van der Waals surface area contributed by atoms with Crippen LogP contribution in [0.3, 0.4) is 0 Å². The fraction of sp³-hybridized carbons (Fsp3) is 0.333. The summed E-state index contributed by atoms with van der Waals surface area (Å²) in [6, 6.07) is 33.2. The quantitative estimate of drug-likeness (QED) is 0.163. The van der Waals surface area contributed by atoms with E-state index in [9.17, 15) is 0 Å². The van der Waals surface area contributed by atoms with Crippen molar-refractivity contribution in [2.45, 2.75) is 98.3 Å². The van der Waals surface area contributed by atoms with Crippen LogP contribution in [-0.2, 0) is 35.1 Å². The Morgan fingerprint density at radius 3 is 1.52 bits per heavy atom. The van der Waals surface area contributed by atoms with Crippen LogP contribution in [0.2, 0.25) is 0 Å². The molecule has 0 radical (unpaired) electrons. The second-order valence-electron chi connectivity index (χ2n) is 17.2. The summed E-state index contributed by atoms with van der Waals surface area (Å²) in [6.07, 6.45) is 19.8. The predicted molar refractivity (Wildman–Crippen MR) is 223 cm³/mol. The summed E-state index contributed by atoms with van der Waals surface area (Å²) >= 11 is 1.46. The molecule has 0 amide bonds. The Hall–Kier alpha value is -2.96. The van der Waals surface area contributed by atoms with E-state index in [2.05, 4.69) is 177 Å². The Labute approximate surface area is 352 Å². The van der Waals surface area contributed by atoms with Crippen LogP contribution in [0.1, 0.15) is 121 Å². The van der Waals surface area contributed by atoms with Crippen LogP contribution in [-0.4, -0.2) is 3.21 Å². The Bertz CT molecular complexity index is 2140. The third kappa shape index (κ3) is 8.41. The first kappa shape index (κ1) is 42.2. The van der Waals surface area contributed by atoms with Gasteiger partial charge in [-0.2, -0.15) is 11.6 Å². The predicted octanol–water partition coefficient (Wildman–Crippen LogP) is 7.80. The van der Waals surface area contributed by atoms with Gasteiger partial charge in [0.25, 0.3) is 0 Å². The van der Waals surface area contributed by atoms with Crippen molar-refractivity contribution in [3.8, 4) is 0 Å². The van der Waals surface area contributed by atoms with Gasteiger partial charge >= 0.3 is 99.2 Å². The minimum atomic E-state index is 0. The molecule has 0 aromatic heterocycles. The molecule has 9 rings (SSSR count). The molecule has 5 aromatic rings. The molecule has 0 nitrogen and oxygen atoms in total. The van der Waals surface area contributed by atoms with Gasteiger partial charge in [-0.05, 0) is 36.1 Å². The van der Waals surface area contributed by atoms with Crippen LogP contribution >= 0.6 is 0 Å². The zero-order chi connectivity index (χ0) is 36.8. The molecule has 3 heteroatoms. The molecule has 4 aliphatic carbocycles. The van der Waals surface area contributed by atoms with Crippen LogP contribution in [0.25, 0.3) is 32.7 Å². The topological polar surface area (TPSA) is 0 Å². The first-order valence-electron chi connectivity index (χ1n) is 19.4. The van der Waals surface area contributed by atoms with Gasteiger partial charge < -0.3 is 24.8 Å². The van der Waals surface area contributed by atoms with Gasteiger partial charge in [0, 0.05) is 10.8 Å². The Morgan fingerprint density at radius 2 is 1.11 bits per heavy atom. The van der Waals surface area contributed by atoms with Crippen molar-refractivity contribution in [1.82, 2.24) is 0 Å². The van der Waals surface area contributed by atoms with E-state index in [1.54, 1.807) is 5.57 Å². The summed E-state index contributed by atoms with van der Waals surface area (Å²) < 4.78 is 1.42. The molecule has 0 saturated heterocycles. The van der Waals surface area contributed by atoms with Crippen molar-refractivity contribution in [2.24, 2.45) is 11.3 Å². The average molecular weight is 829 g/mol. The van der Waals surface area contributed by atoms with E-state index in [0.29, 0.717) is 11.3 Å². The standard InChI is InChI=1S/C25H25.C13H19.C13H10.2ClH.Zr/c1-14-12-24(3,4)22-8-16-7-17-9-23-19(15(2)13-25(23,5)6)11-21(17)20(16)10-18(14)22;1-11-6-7-12(10-11)13(2)8-4-3-5-9-13;1-3-7-12(8-4-1)11-13-9-5-2-6-10-13;;;/h7-13H,1-6H3;7,10-11H,3-5,8-9H2,1-2H3;1-10H;2*1H;/q2*-1;;;;+2/p-2. The number of halogens is 2. The summed E-state index contributed by atoms with van der Waals surface area (Å²) in [6.45, 7) is 18.4. The maximum absolute atomic E-state index is 3.37. The number of hydrogen-bond acceptors (Lipinski definition) is 0. The normalized spacial score (nSPS) is 19.4. The van der Waals surface area contributed by atoms with Crippen molar-refractivity contribution >= 4 is 35.9 Å². The van der Waals surface area contributed by atoms with Crippen LogP contribution < -0.4 is 24.8 Å². The number of rotatable bonds is 3. The number of hydrogen-bond donors (Lipinski definition) is 0. The third-order valence-corrected chi connectivity index (χ3v) is 13.5. The molecule has 1 fully saturated rings. The van der Waals surface area contributed by atoms with Crippen LogP contribution in [0, 0.1) is 17.4 Å². The molecular formula is C51H54Cl2Zr-2. The Kier molecular flexibility index (Phi) is 13.0. The minimum absolute atomic E-state index is 0. The van der Waals surface area contributed by atoms with Gasteiger partial charge in [0.2, 0.25) is 0 Å². The van der Waals surface area contributed by atoms with Gasteiger partial charge in [-0.25, -0.2) is 6.08 Å². The average Bonchev–Trinajstić information content (AvgIpc) is 3.85.